The largest absolute Gasteiger partial charge is 0.489 e. The Labute approximate surface area is 136 Å². The second-order valence-electron chi connectivity index (χ2n) is 5.50. The van der Waals surface area contributed by atoms with Crippen LogP contribution in [0.25, 0.3) is 11.3 Å². The monoisotopic (exact) mass is 307 g/mol. The molecule has 0 saturated heterocycles. The van der Waals surface area contributed by atoms with Crippen molar-refractivity contribution < 1.29 is 4.74 Å². The van der Waals surface area contributed by atoms with Crippen LogP contribution in [0.4, 0.5) is 0 Å². The van der Waals surface area contributed by atoms with Gasteiger partial charge in [0, 0.05) is 12.1 Å². The number of benzene rings is 2. The van der Waals surface area contributed by atoms with Gasteiger partial charge in [-0.15, -0.1) is 0 Å². The molecule has 0 saturated carbocycles. The van der Waals surface area contributed by atoms with Crippen LogP contribution in [-0.4, -0.2) is 17.2 Å². The molecule has 0 bridgehead atoms. The molecule has 2 N–H and O–H groups in total. The summed E-state index contributed by atoms with van der Waals surface area (Å²) in [4.78, 5) is 0. The van der Waals surface area contributed by atoms with Gasteiger partial charge in [-0.1, -0.05) is 30.3 Å². The first-order valence-corrected chi connectivity index (χ1v) is 7.73. The number of nitrogens with one attached hydrogen (secondary N) is 2. The zero-order chi connectivity index (χ0) is 16.1. The highest BCUT2D eigenvalue weighted by atomic mass is 16.5. The Morgan fingerprint density at radius 2 is 1.78 bits per heavy atom. The molecule has 0 atom stereocenters. The Hall–Kier alpha value is -2.59. The summed E-state index contributed by atoms with van der Waals surface area (Å²) in [5, 5.41) is 10.7. The van der Waals surface area contributed by atoms with Crippen LogP contribution < -0.4 is 10.1 Å². The van der Waals surface area contributed by atoms with Gasteiger partial charge < -0.3 is 10.1 Å². The van der Waals surface area contributed by atoms with E-state index >= 15 is 0 Å². The number of ether oxygens (including phenoxy) is 1. The minimum absolute atomic E-state index is 0.577. The molecule has 0 radical (unpaired) electrons. The van der Waals surface area contributed by atoms with E-state index in [1.165, 1.54) is 5.56 Å². The van der Waals surface area contributed by atoms with Gasteiger partial charge in [0.05, 0.1) is 11.4 Å². The van der Waals surface area contributed by atoms with Crippen molar-refractivity contribution in [3.05, 3.63) is 71.4 Å². The molecule has 4 nitrogen and oxygen atoms in total. The number of aromatic amines is 1. The third-order valence-corrected chi connectivity index (χ3v) is 3.84. The molecule has 23 heavy (non-hydrogen) atoms. The van der Waals surface area contributed by atoms with E-state index < -0.39 is 0 Å². The minimum atomic E-state index is 0.577. The molecule has 0 amide bonds. The van der Waals surface area contributed by atoms with Crippen LogP contribution in [0.1, 0.15) is 16.8 Å². The lowest BCUT2D eigenvalue weighted by Crippen LogP contribution is -2.06. The van der Waals surface area contributed by atoms with Crippen molar-refractivity contribution >= 4 is 0 Å². The third kappa shape index (κ3) is 3.60. The topological polar surface area (TPSA) is 49.9 Å². The Morgan fingerprint density at radius 1 is 1.04 bits per heavy atom. The molecule has 118 valence electrons. The van der Waals surface area contributed by atoms with Crippen molar-refractivity contribution in [3.63, 3.8) is 0 Å². The van der Waals surface area contributed by atoms with Crippen molar-refractivity contribution in [3.8, 4) is 17.0 Å². The van der Waals surface area contributed by atoms with Gasteiger partial charge >= 0.3 is 0 Å². The summed E-state index contributed by atoms with van der Waals surface area (Å²) in [7, 11) is 1.93. The molecule has 0 fully saturated rings. The summed E-state index contributed by atoms with van der Waals surface area (Å²) in [6.45, 7) is 3.45. The fraction of sp³-hybridized carbons (Fsp3) is 0.211. The maximum absolute atomic E-state index is 5.82. The smallest absolute Gasteiger partial charge is 0.119 e. The maximum Gasteiger partial charge on any atom is 0.119 e. The van der Waals surface area contributed by atoms with Crippen LogP contribution in [0.5, 0.6) is 5.75 Å². The number of nitrogens with zero attached hydrogens (tertiary/aromatic N) is 1. The Morgan fingerprint density at radius 3 is 2.48 bits per heavy atom. The summed E-state index contributed by atoms with van der Waals surface area (Å²) in [6.07, 6.45) is 0. The van der Waals surface area contributed by atoms with Crippen molar-refractivity contribution in [1.29, 1.82) is 0 Å². The number of aromatic nitrogens is 2. The van der Waals surface area contributed by atoms with Gasteiger partial charge in [0.2, 0.25) is 0 Å². The number of H-pyrrole nitrogens is 1. The average molecular weight is 307 g/mol. The van der Waals surface area contributed by atoms with Gasteiger partial charge in [-0.3, -0.25) is 5.10 Å². The predicted octanol–water partition coefficient (Wildman–Crippen LogP) is 3.68. The van der Waals surface area contributed by atoms with Crippen molar-refractivity contribution in [1.82, 2.24) is 15.5 Å². The summed E-state index contributed by atoms with van der Waals surface area (Å²) >= 11 is 0. The Bertz CT molecular complexity index is 748. The molecule has 1 heterocycles. The highest BCUT2D eigenvalue weighted by Crippen LogP contribution is 2.25. The predicted molar refractivity (Wildman–Crippen MR) is 92.3 cm³/mol. The summed E-state index contributed by atoms with van der Waals surface area (Å²) in [6, 6.07) is 18.2. The first-order valence-electron chi connectivity index (χ1n) is 7.73. The van der Waals surface area contributed by atoms with Gasteiger partial charge in [0.25, 0.3) is 0 Å². The molecule has 0 unspecified atom stereocenters. The van der Waals surface area contributed by atoms with Crippen molar-refractivity contribution in [2.24, 2.45) is 0 Å². The minimum Gasteiger partial charge on any atom is -0.489 e. The molecule has 3 rings (SSSR count). The second kappa shape index (κ2) is 7.11. The maximum atomic E-state index is 5.82. The molecular formula is C19H21N3O. The molecular weight excluding hydrogens is 286 g/mol. The molecule has 2 aromatic carbocycles. The second-order valence-corrected chi connectivity index (χ2v) is 5.50. The van der Waals surface area contributed by atoms with E-state index in [1.54, 1.807) is 0 Å². The van der Waals surface area contributed by atoms with E-state index in [2.05, 4.69) is 34.6 Å². The van der Waals surface area contributed by atoms with E-state index in [1.807, 2.05) is 49.5 Å². The highest BCUT2D eigenvalue weighted by Gasteiger charge is 2.10. The molecule has 4 heteroatoms. The van der Waals surface area contributed by atoms with E-state index in [9.17, 15) is 0 Å². The van der Waals surface area contributed by atoms with Crippen LogP contribution in [0, 0.1) is 6.92 Å². The summed E-state index contributed by atoms with van der Waals surface area (Å²) in [5.41, 5.74) is 5.54. The van der Waals surface area contributed by atoms with Crippen LogP contribution >= 0.6 is 0 Å². The molecule has 0 aliphatic rings. The van der Waals surface area contributed by atoms with Gasteiger partial charge in [-0.25, -0.2) is 0 Å². The fourth-order valence-electron chi connectivity index (χ4n) is 2.51. The molecule has 0 aliphatic heterocycles. The standard InChI is InChI=1S/C19H21N3O/c1-14-18(12-20-2)21-22-19(14)16-8-10-17(11-9-16)23-13-15-6-4-3-5-7-15/h3-11,20H,12-13H2,1-2H3,(H,21,22). The third-order valence-electron chi connectivity index (χ3n) is 3.84. The van der Waals surface area contributed by atoms with Gasteiger partial charge in [-0.05, 0) is 49.4 Å². The number of rotatable bonds is 6. The Balaban J connectivity index is 1.69. The lowest BCUT2D eigenvalue weighted by molar-refractivity contribution is 0.306. The fourth-order valence-corrected chi connectivity index (χ4v) is 2.51. The molecule has 0 spiro atoms. The summed E-state index contributed by atoms with van der Waals surface area (Å²) in [5.74, 6) is 0.862. The first kappa shape index (κ1) is 15.3. The summed E-state index contributed by atoms with van der Waals surface area (Å²) < 4.78 is 5.82. The van der Waals surface area contributed by atoms with E-state index in [-0.39, 0.29) is 0 Å². The lowest BCUT2D eigenvalue weighted by atomic mass is 10.1. The zero-order valence-corrected chi connectivity index (χ0v) is 13.5. The molecule has 0 aliphatic carbocycles. The normalized spacial score (nSPS) is 10.7. The van der Waals surface area contributed by atoms with Gasteiger partial charge in [0.15, 0.2) is 0 Å². The van der Waals surface area contributed by atoms with Crippen molar-refractivity contribution in [2.45, 2.75) is 20.1 Å². The van der Waals surface area contributed by atoms with E-state index in [0.29, 0.717) is 6.61 Å². The SMILES string of the molecule is CNCc1[nH]nc(-c2ccc(OCc3ccccc3)cc2)c1C. The van der Waals surface area contributed by atoms with Crippen molar-refractivity contribution in [2.75, 3.05) is 7.05 Å². The van der Waals surface area contributed by atoms with E-state index in [4.69, 9.17) is 4.74 Å². The van der Waals surface area contributed by atoms with Crippen LogP contribution in [0.15, 0.2) is 54.6 Å². The Kier molecular flexibility index (Phi) is 4.74. The highest BCUT2D eigenvalue weighted by molar-refractivity contribution is 5.64. The molecule has 3 aromatic rings. The van der Waals surface area contributed by atoms with Crippen LogP contribution in [0.2, 0.25) is 0 Å². The van der Waals surface area contributed by atoms with Crippen LogP contribution in [0.3, 0.4) is 0 Å². The number of hydrogen-bond donors (Lipinski definition) is 2. The first-order chi connectivity index (χ1) is 11.3. The average Bonchev–Trinajstić information content (AvgIpc) is 2.96. The van der Waals surface area contributed by atoms with E-state index in [0.717, 1.165) is 34.8 Å². The molecule has 1 aromatic heterocycles. The zero-order valence-electron chi connectivity index (χ0n) is 13.5. The van der Waals surface area contributed by atoms with Gasteiger partial charge in [-0.2, -0.15) is 5.10 Å². The van der Waals surface area contributed by atoms with Crippen LogP contribution in [-0.2, 0) is 13.2 Å². The van der Waals surface area contributed by atoms with Gasteiger partial charge in [0.1, 0.15) is 12.4 Å². The number of hydrogen-bond acceptors (Lipinski definition) is 3. The quantitative estimate of drug-likeness (QED) is 0.730. The lowest BCUT2D eigenvalue weighted by Gasteiger charge is -2.07.